The molecule has 0 aromatic carbocycles. The summed E-state index contributed by atoms with van der Waals surface area (Å²) >= 11 is 1.52. The fourth-order valence-electron chi connectivity index (χ4n) is 4.10. The van der Waals surface area contributed by atoms with Gasteiger partial charge in [-0.1, -0.05) is 25.6 Å². The van der Waals surface area contributed by atoms with Crippen LogP contribution < -0.4 is 10.8 Å². The molecule has 3 heterocycles. The van der Waals surface area contributed by atoms with E-state index in [9.17, 15) is 9.59 Å². The quantitative estimate of drug-likeness (QED) is 0.332. The number of rotatable bonds is 7. The van der Waals surface area contributed by atoms with Crippen LogP contribution in [0.25, 0.3) is 0 Å². The van der Waals surface area contributed by atoms with Crippen molar-refractivity contribution in [2.45, 2.75) is 109 Å². The van der Waals surface area contributed by atoms with E-state index in [-0.39, 0.29) is 17.9 Å². The summed E-state index contributed by atoms with van der Waals surface area (Å²) in [7, 11) is -0.498. The topological polar surface area (TPSA) is 103 Å². The van der Waals surface area contributed by atoms with E-state index >= 15 is 0 Å². The number of hydrogen-bond acceptors (Lipinski definition) is 8. The number of amides is 2. The lowest BCUT2D eigenvalue weighted by atomic mass is 9.81. The third kappa shape index (κ3) is 6.92. The predicted molar refractivity (Wildman–Crippen MR) is 141 cm³/mol. The highest BCUT2D eigenvalue weighted by molar-refractivity contribution is 7.99. The van der Waals surface area contributed by atoms with E-state index in [0.717, 1.165) is 18.3 Å². The van der Waals surface area contributed by atoms with Gasteiger partial charge in [-0.05, 0) is 67.2 Å². The molecular formula is C25H41BN4O5S. The number of nitrogens with zero attached hydrogens (tertiary/aromatic N) is 3. The first kappa shape index (κ1) is 28.7. The molecular weight excluding hydrogens is 479 g/mol. The highest BCUT2D eigenvalue weighted by Crippen LogP contribution is 2.36. The Labute approximate surface area is 220 Å². The second-order valence-electron chi connectivity index (χ2n) is 11.9. The summed E-state index contributed by atoms with van der Waals surface area (Å²) in [5, 5.41) is 3.42. The van der Waals surface area contributed by atoms with E-state index < -0.39 is 36.1 Å². The van der Waals surface area contributed by atoms with Crippen LogP contribution in [0.2, 0.25) is 0 Å². The summed E-state index contributed by atoms with van der Waals surface area (Å²) in [5.41, 5.74) is -0.686. The molecule has 1 aromatic heterocycles. The lowest BCUT2D eigenvalue weighted by Gasteiger charge is -2.32. The number of ether oxygens (including phenoxy) is 1. The van der Waals surface area contributed by atoms with Crippen molar-refractivity contribution in [2.24, 2.45) is 5.92 Å². The van der Waals surface area contributed by atoms with Crippen molar-refractivity contribution >= 4 is 36.3 Å². The van der Waals surface area contributed by atoms with Crippen LogP contribution in [-0.4, -0.2) is 75.2 Å². The van der Waals surface area contributed by atoms with E-state index in [4.69, 9.17) is 14.0 Å². The number of likely N-dealkylation sites (tertiary alicyclic amines) is 1. The standard InChI is InChI=1S/C25H41BN4O5S/c1-16(2)19(29-22(32)33-23(3,4)5)20(31)30-12-10-11-18(30)15-36-21-27-13-17(14-28-21)26-34-24(6,7)25(8,9)35-26/h13-14,16,18-19H,10-12,15H2,1-9H3,(H,29,32)/t18-,19+/m0/s1. The average Bonchev–Trinajstić information content (AvgIpc) is 3.30. The molecule has 36 heavy (non-hydrogen) atoms. The molecule has 3 rings (SSSR count). The second kappa shape index (κ2) is 10.9. The Morgan fingerprint density at radius 3 is 2.31 bits per heavy atom. The van der Waals surface area contributed by atoms with Crippen LogP contribution in [0.3, 0.4) is 0 Å². The van der Waals surface area contributed by atoms with Crippen LogP contribution in [-0.2, 0) is 18.8 Å². The molecule has 9 nitrogen and oxygen atoms in total. The number of nitrogens with one attached hydrogen (secondary N) is 1. The molecule has 0 radical (unpaired) electrons. The number of aromatic nitrogens is 2. The molecule has 200 valence electrons. The van der Waals surface area contributed by atoms with Gasteiger partial charge in [-0.15, -0.1) is 0 Å². The summed E-state index contributed by atoms with van der Waals surface area (Å²) in [5.74, 6) is 0.541. The van der Waals surface area contributed by atoms with Gasteiger partial charge in [-0.25, -0.2) is 14.8 Å². The van der Waals surface area contributed by atoms with Crippen molar-refractivity contribution in [1.82, 2.24) is 20.2 Å². The van der Waals surface area contributed by atoms with Gasteiger partial charge in [0.2, 0.25) is 5.91 Å². The number of hydrogen-bond donors (Lipinski definition) is 1. The summed E-state index contributed by atoms with van der Waals surface area (Å²) in [6, 6.07) is -0.587. The minimum atomic E-state index is -0.638. The van der Waals surface area contributed by atoms with Crippen LogP contribution in [0.15, 0.2) is 17.6 Å². The molecule has 0 spiro atoms. The van der Waals surface area contributed by atoms with Gasteiger partial charge in [0.05, 0.1) is 11.2 Å². The first-order valence-corrected chi connectivity index (χ1v) is 13.7. The third-order valence-corrected chi connectivity index (χ3v) is 7.86. The van der Waals surface area contributed by atoms with Crippen LogP contribution in [0.5, 0.6) is 0 Å². The zero-order valence-corrected chi connectivity index (χ0v) is 23.9. The van der Waals surface area contributed by atoms with Gasteiger partial charge < -0.3 is 24.3 Å². The summed E-state index contributed by atoms with van der Waals surface area (Å²) in [6.07, 6.45) is 4.75. The number of carbonyl (C=O) groups is 2. The van der Waals surface area contributed by atoms with E-state index in [1.165, 1.54) is 11.8 Å². The van der Waals surface area contributed by atoms with Crippen molar-refractivity contribution in [3.05, 3.63) is 12.4 Å². The number of thioether (sulfide) groups is 1. The molecule has 0 bridgehead atoms. The minimum absolute atomic E-state index is 0.0514. The normalized spacial score (nSPS) is 22.1. The average molecular weight is 521 g/mol. The van der Waals surface area contributed by atoms with E-state index in [1.807, 2.05) is 46.4 Å². The maximum atomic E-state index is 13.4. The third-order valence-electron chi connectivity index (χ3n) is 6.84. The zero-order chi connectivity index (χ0) is 26.9. The molecule has 2 aliphatic heterocycles. The Morgan fingerprint density at radius 1 is 1.19 bits per heavy atom. The summed E-state index contributed by atoms with van der Waals surface area (Å²) in [4.78, 5) is 36.6. The number of carbonyl (C=O) groups excluding carboxylic acids is 2. The van der Waals surface area contributed by atoms with Crippen LogP contribution >= 0.6 is 11.8 Å². The molecule has 2 aliphatic rings. The van der Waals surface area contributed by atoms with Gasteiger partial charge in [-0.2, -0.15) is 0 Å². The fraction of sp³-hybridized carbons (Fsp3) is 0.760. The Balaban J connectivity index is 1.58. The molecule has 0 saturated carbocycles. The summed E-state index contributed by atoms with van der Waals surface area (Å²) in [6.45, 7) is 18.0. The first-order chi connectivity index (χ1) is 16.6. The number of alkyl carbamates (subject to hydrolysis) is 1. The van der Waals surface area contributed by atoms with Crippen molar-refractivity contribution in [2.75, 3.05) is 12.3 Å². The van der Waals surface area contributed by atoms with E-state index in [2.05, 4.69) is 15.3 Å². The van der Waals surface area contributed by atoms with Crippen LogP contribution in [0.4, 0.5) is 4.79 Å². The summed E-state index contributed by atoms with van der Waals surface area (Å²) < 4.78 is 17.5. The van der Waals surface area contributed by atoms with Gasteiger partial charge in [0.25, 0.3) is 0 Å². The van der Waals surface area contributed by atoms with Gasteiger partial charge in [0, 0.05) is 36.2 Å². The monoisotopic (exact) mass is 520 g/mol. The molecule has 1 aromatic rings. The highest BCUT2D eigenvalue weighted by Gasteiger charge is 2.52. The van der Waals surface area contributed by atoms with Crippen LogP contribution in [0, 0.1) is 5.92 Å². The van der Waals surface area contributed by atoms with Gasteiger partial charge in [0.15, 0.2) is 5.16 Å². The molecule has 0 unspecified atom stereocenters. The molecule has 2 fully saturated rings. The first-order valence-electron chi connectivity index (χ1n) is 12.7. The van der Waals surface area contributed by atoms with Crippen molar-refractivity contribution in [3.8, 4) is 0 Å². The Bertz CT molecular complexity index is 919. The predicted octanol–water partition coefficient (Wildman–Crippen LogP) is 3.41. The maximum Gasteiger partial charge on any atom is 0.498 e. The SMILES string of the molecule is CC(C)[C@@H](NC(=O)OC(C)(C)C)C(=O)N1CCC[C@H]1CSc1ncc(B2OC(C)(C)C(C)(C)O2)cn1. The highest BCUT2D eigenvalue weighted by atomic mass is 32.2. The lowest BCUT2D eigenvalue weighted by Crippen LogP contribution is -2.53. The van der Waals surface area contributed by atoms with E-state index in [1.54, 1.807) is 33.2 Å². The smallest absolute Gasteiger partial charge is 0.444 e. The molecule has 2 amide bonds. The van der Waals surface area contributed by atoms with Crippen LogP contribution in [0.1, 0.15) is 75.2 Å². The minimum Gasteiger partial charge on any atom is -0.444 e. The Morgan fingerprint density at radius 2 is 1.78 bits per heavy atom. The fourth-order valence-corrected chi connectivity index (χ4v) is 5.04. The van der Waals surface area contributed by atoms with Crippen molar-refractivity contribution in [3.63, 3.8) is 0 Å². The lowest BCUT2D eigenvalue weighted by molar-refractivity contribution is -0.135. The Kier molecular flexibility index (Phi) is 8.67. The van der Waals surface area contributed by atoms with Gasteiger partial charge in [0.1, 0.15) is 11.6 Å². The largest absolute Gasteiger partial charge is 0.498 e. The van der Waals surface area contributed by atoms with Gasteiger partial charge in [-0.3, -0.25) is 4.79 Å². The van der Waals surface area contributed by atoms with Gasteiger partial charge >= 0.3 is 13.2 Å². The van der Waals surface area contributed by atoms with Crippen molar-refractivity contribution in [1.29, 1.82) is 0 Å². The molecule has 0 aliphatic carbocycles. The second-order valence-corrected chi connectivity index (χ2v) is 12.9. The molecule has 2 atom stereocenters. The van der Waals surface area contributed by atoms with E-state index in [0.29, 0.717) is 17.5 Å². The zero-order valence-electron chi connectivity index (χ0n) is 23.1. The maximum absolute atomic E-state index is 13.4. The Hall–Kier alpha value is -1.85. The molecule has 1 N–H and O–H groups in total. The molecule has 2 saturated heterocycles. The van der Waals surface area contributed by atoms with Crippen molar-refractivity contribution < 1.29 is 23.6 Å². The molecule has 11 heteroatoms.